The summed E-state index contributed by atoms with van der Waals surface area (Å²) in [5.74, 6) is -0.201. The van der Waals surface area contributed by atoms with Crippen LogP contribution in [0.5, 0.6) is 0 Å². The molecule has 9 heteroatoms. The molecule has 0 saturated heterocycles. The number of allylic oxidation sites excluding steroid dienone is 11. The molecule has 0 bridgehead atoms. The summed E-state index contributed by atoms with van der Waals surface area (Å²) >= 11 is 0. The molecule has 8 nitrogen and oxygen atoms in total. The van der Waals surface area contributed by atoms with Crippen molar-refractivity contribution < 1.29 is 32.9 Å². The highest BCUT2D eigenvalue weighted by atomic mass is 31.2. The average molecular weight is 1200 g/mol. The van der Waals surface area contributed by atoms with Gasteiger partial charge in [0.25, 0.3) is 7.82 Å². The first-order chi connectivity index (χ1) is 41.0. The van der Waals surface area contributed by atoms with Crippen molar-refractivity contribution in [1.29, 1.82) is 0 Å². The van der Waals surface area contributed by atoms with Crippen LogP contribution in [0.3, 0.4) is 0 Å². The Labute approximate surface area is 523 Å². The van der Waals surface area contributed by atoms with Crippen LogP contribution in [-0.4, -0.2) is 68.5 Å². The van der Waals surface area contributed by atoms with Gasteiger partial charge in [0.15, 0.2) is 0 Å². The first kappa shape index (κ1) is 81.9. The molecule has 0 aromatic heterocycles. The summed E-state index contributed by atoms with van der Waals surface area (Å²) in [5, 5.41) is 13.9. The summed E-state index contributed by atoms with van der Waals surface area (Å²) in [6, 6.07) is -0.905. The number of nitrogens with one attached hydrogen (secondary N) is 1. The van der Waals surface area contributed by atoms with Crippen molar-refractivity contribution in [3.05, 3.63) is 72.9 Å². The van der Waals surface area contributed by atoms with Gasteiger partial charge in [-0.05, 0) is 70.6 Å². The van der Waals surface area contributed by atoms with E-state index in [2.05, 4.69) is 79.9 Å². The van der Waals surface area contributed by atoms with Crippen molar-refractivity contribution >= 4 is 13.7 Å². The number of hydrogen-bond acceptors (Lipinski definition) is 6. The van der Waals surface area contributed by atoms with Crippen LogP contribution in [0.15, 0.2) is 72.9 Å². The van der Waals surface area contributed by atoms with E-state index in [1.54, 1.807) is 6.08 Å². The van der Waals surface area contributed by atoms with E-state index in [0.29, 0.717) is 17.4 Å². The minimum absolute atomic E-state index is 0.00571. The molecule has 0 aliphatic heterocycles. The largest absolute Gasteiger partial charge is 0.756 e. The molecule has 0 rings (SSSR count). The number of likely N-dealkylation sites (N-methyl/N-ethyl adjacent to an activating group) is 1. The Balaban J connectivity index is 3.98. The number of quaternary nitrogens is 1. The lowest BCUT2D eigenvalue weighted by atomic mass is 10.0. The maximum Gasteiger partial charge on any atom is 0.268 e. The van der Waals surface area contributed by atoms with E-state index in [0.717, 1.165) is 64.2 Å². The van der Waals surface area contributed by atoms with Crippen LogP contribution in [0.25, 0.3) is 0 Å². The highest BCUT2D eigenvalue weighted by Crippen LogP contribution is 2.38. The zero-order valence-electron chi connectivity index (χ0n) is 56.4. The van der Waals surface area contributed by atoms with Gasteiger partial charge in [0.2, 0.25) is 5.91 Å². The molecular formula is C75H141N2O6P. The van der Waals surface area contributed by atoms with Gasteiger partial charge in [0.1, 0.15) is 13.2 Å². The zero-order valence-corrected chi connectivity index (χ0v) is 57.3. The van der Waals surface area contributed by atoms with E-state index in [1.165, 1.54) is 263 Å². The molecule has 3 atom stereocenters. The summed E-state index contributed by atoms with van der Waals surface area (Å²) in [7, 11) is 1.26. The maximum absolute atomic E-state index is 13.0. The fourth-order valence-corrected chi connectivity index (χ4v) is 11.5. The quantitative estimate of drug-likeness (QED) is 0.0272. The minimum atomic E-state index is -4.61. The molecule has 0 fully saturated rings. The molecule has 0 aliphatic rings. The third-order valence-corrected chi connectivity index (χ3v) is 17.4. The van der Waals surface area contributed by atoms with Crippen LogP contribution in [0.2, 0.25) is 0 Å². The first-order valence-corrected chi connectivity index (χ1v) is 37.8. The van der Waals surface area contributed by atoms with Crippen molar-refractivity contribution in [1.82, 2.24) is 5.32 Å². The Morgan fingerprint density at radius 1 is 0.429 bits per heavy atom. The van der Waals surface area contributed by atoms with Gasteiger partial charge in [0, 0.05) is 6.42 Å². The number of hydrogen-bond donors (Lipinski definition) is 2. The van der Waals surface area contributed by atoms with Gasteiger partial charge >= 0.3 is 0 Å². The molecule has 84 heavy (non-hydrogen) atoms. The van der Waals surface area contributed by atoms with Crippen molar-refractivity contribution in [2.75, 3.05) is 40.9 Å². The van der Waals surface area contributed by atoms with Crippen LogP contribution in [0.1, 0.15) is 348 Å². The Hall–Kier alpha value is -2.06. The smallest absolute Gasteiger partial charge is 0.268 e. The number of carbonyl (C=O) groups excluding carboxylic acids is 1. The summed E-state index contributed by atoms with van der Waals surface area (Å²) < 4.78 is 23.4. The number of phosphoric ester groups is 1. The molecule has 0 heterocycles. The maximum atomic E-state index is 13.0. The molecule has 3 unspecified atom stereocenters. The molecule has 1 amide bonds. The van der Waals surface area contributed by atoms with Crippen LogP contribution >= 0.6 is 7.82 Å². The predicted octanol–water partition coefficient (Wildman–Crippen LogP) is 22.7. The van der Waals surface area contributed by atoms with Gasteiger partial charge < -0.3 is 28.8 Å². The van der Waals surface area contributed by atoms with Crippen LogP contribution in [0.4, 0.5) is 0 Å². The molecule has 2 N–H and O–H groups in total. The SMILES string of the molecule is CC/C=C\C/C=C\C/C=C\C/C=C\CCCCCCCCCCCCCCCCCCCCCCCCCCCCC(=O)NC(COP(=O)([O-])OCC[N+](C)(C)C)C(O)/C=C/CC/C=C/CCCCCCCCCCCCCCCCCCC. The molecule has 0 spiro atoms. The third kappa shape index (κ3) is 67.4. The number of unbranched alkanes of at least 4 members (excludes halogenated alkanes) is 44. The number of phosphoric acid groups is 1. The number of aliphatic hydroxyl groups excluding tert-OH is 1. The van der Waals surface area contributed by atoms with Gasteiger partial charge in [-0.15, -0.1) is 0 Å². The second-order valence-corrected chi connectivity index (χ2v) is 27.3. The van der Waals surface area contributed by atoms with E-state index in [4.69, 9.17) is 9.05 Å². The standard InChI is InChI=1S/C75H141N2O6P/c1-6-8-10-12-14-16-18-20-22-24-26-28-30-31-32-33-34-35-36-37-38-39-40-41-42-43-44-45-47-49-51-53-55-57-59-61-63-65-67-69-75(79)76-73(72-83-84(80,81)82-71-70-77(3,4)5)74(78)68-66-64-62-60-58-56-54-52-50-48-46-29-27-25-23-21-19-17-15-13-11-9-7-2/h8,10,14,16,20,22,26,28,58,60,66,68,73-74,78H,6-7,9,11-13,15,17-19,21,23-25,27,29-57,59,61-65,67,69-72H2,1-5H3,(H-,76,79,80,81)/b10-8-,16-14-,22-20-,28-26-,60-58+,68-66+. The summed E-state index contributed by atoms with van der Waals surface area (Å²) in [6.45, 7) is 4.56. The Morgan fingerprint density at radius 3 is 1.11 bits per heavy atom. The van der Waals surface area contributed by atoms with Crippen molar-refractivity contribution in [2.45, 2.75) is 360 Å². The van der Waals surface area contributed by atoms with E-state index < -0.39 is 26.6 Å². The lowest BCUT2D eigenvalue weighted by molar-refractivity contribution is -0.870. The first-order valence-electron chi connectivity index (χ1n) is 36.3. The summed E-state index contributed by atoms with van der Waals surface area (Å²) in [5.41, 5.74) is 0. The van der Waals surface area contributed by atoms with Crippen LogP contribution in [-0.2, 0) is 18.4 Å². The summed E-state index contributed by atoms with van der Waals surface area (Å²) in [6.07, 6.45) is 91.9. The second kappa shape index (κ2) is 65.4. The molecule has 0 aromatic rings. The van der Waals surface area contributed by atoms with Crippen LogP contribution < -0.4 is 10.2 Å². The Kier molecular flexibility index (Phi) is 63.8. The Bertz CT molecular complexity index is 1600. The minimum Gasteiger partial charge on any atom is -0.756 e. The molecule has 0 aliphatic carbocycles. The number of amides is 1. The lowest BCUT2D eigenvalue weighted by Crippen LogP contribution is -2.45. The van der Waals surface area contributed by atoms with Crippen molar-refractivity contribution in [3.8, 4) is 0 Å². The zero-order chi connectivity index (χ0) is 61.2. The van der Waals surface area contributed by atoms with Gasteiger partial charge in [-0.1, -0.05) is 344 Å². The second-order valence-electron chi connectivity index (χ2n) is 25.9. The van der Waals surface area contributed by atoms with Gasteiger partial charge in [-0.25, -0.2) is 0 Å². The van der Waals surface area contributed by atoms with E-state index in [9.17, 15) is 19.4 Å². The van der Waals surface area contributed by atoms with E-state index in [-0.39, 0.29) is 12.5 Å². The predicted molar refractivity (Wildman–Crippen MR) is 367 cm³/mol. The topological polar surface area (TPSA) is 108 Å². The van der Waals surface area contributed by atoms with Crippen molar-refractivity contribution in [2.24, 2.45) is 0 Å². The molecule has 0 aromatic carbocycles. The average Bonchev–Trinajstić information content (AvgIpc) is 3.56. The number of carbonyl (C=O) groups is 1. The van der Waals surface area contributed by atoms with Gasteiger partial charge in [0.05, 0.1) is 39.9 Å². The fourth-order valence-electron chi connectivity index (χ4n) is 10.8. The molecular weight excluding hydrogens is 1060 g/mol. The Morgan fingerprint density at radius 2 is 0.738 bits per heavy atom. The molecule has 0 radical (unpaired) electrons. The van der Waals surface area contributed by atoms with Gasteiger partial charge in [-0.3, -0.25) is 9.36 Å². The summed E-state index contributed by atoms with van der Waals surface area (Å²) in [4.78, 5) is 25.6. The van der Waals surface area contributed by atoms with E-state index in [1.807, 2.05) is 27.2 Å². The normalized spacial score (nSPS) is 14.0. The highest BCUT2D eigenvalue weighted by Gasteiger charge is 2.23. The highest BCUT2D eigenvalue weighted by molar-refractivity contribution is 7.45. The lowest BCUT2D eigenvalue weighted by Gasteiger charge is -2.29. The van der Waals surface area contributed by atoms with Crippen LogP contribution in [0, 0.1) is 0 Å². The van der Waals surface area contributed by atoms with Crippen molar-refractivity contribution in [3.63, 3.8) is 0 Å². The van der Waals surface area contributed by atoms with E-state index >= 15 is 0 Å². The third-order valence-electron chi connectivity index (χ3n) is 16.4. The fraction of sp³-hybridized carbons (Fsp3) is 0.827. The molecule has 492 valence electrons. The number of rotatable bonds is 67. The number of aliphatic hydroxyl groups is 1. The number of nitrogens with zero attached hydrogens (tertiary/aromatic N) is 1. The monoisotopic (exact) mass is 1200 g/mol. The molecule has 0 saturated carbocycles. The van der Waals surface area contributed by atoms with Gasteiger partial charge in [-0.2, -0.15) is 0 Å².